The van der Waals surface area contributed by atoms with Crippen molar-refractivity contribution in [1.82, 2.24) is 25.4 Å². The van der Waals surface area contributed by atoms with Crippen LogP contribution in [0.15, 0.2) is 23.5 Å². The standard InChI is InChI=1S/C17H28N6S.HI/c1-4-15-14(3)24-16(22-15)8-11-20-17(18-5-2)19-9-6-12-23-13-7-10-21-23;/h7,10,13H,4-6,8-9,11-12H2,1-3H3,(H2,18,19,20);1H. The van der Waals surface area contributed by atoms with Gasteiger partial charge in [0.25, 0.3) is 0 Å². The number of hydrogen-bond acceptors (Lipinski definition) is 4. The number of guanidine groups is 1. The van der Waals surface area contributed by atoms with Gasteiger partial charge in [-0.15, -0.1) is 35.3 Å². The highest BCUT2D eigenvalue weighted by atomic mass is 127. The number of hydrogen-bond donors (Lipinski definition) is 2. The molecule has 140 valence electrons. The molecule has 2 rings (SSSR count). The van der Waals surface area contributed by atoms with Gasteiger partial charge in [-0.2, -0.15) is 5.10 Å². The Morgan fingerprint density at radius 2 is 2.16 bits per heavy atom. The van der Waals surface area contributed by atoms with Crippen molar-refractivity contribution < 1.29 is 0 Å². The van der Waals surface area contributed by atoms with E-state index in [1.54, 1.807) is 17.5 Å². The number of aryl methyl sites for hydroxylation is 3. The van der Waals surface area contributed by atoms with Gasteiger partial charge >= 0.3 is 0 Å². The molecule has 2 heterocycles. The zero-order valence-corrected chi connectivity index (χ0v) is 18.4. The van der Waals surface area contributed by atoms with E-state index in [4.69, 9.17) is 0 Å². The van der Waals surface area contributed by atoms with Crippen LogP contribution in [-0.4, -0.2) is 40.4 Å². The average Bonchev–Trinajstić information content (AvgIpc) is 3.21. The topological polar surface area (TPSA) is 67.1 Å². The Morgan fingerprint density at radius 1 is 1.32 bits per heavy atom. The molecule has 6 nitrogen and oxygen atoms in total. The molecule has 0 aromatic carbocycles. The Kier molecular flexibility index (Phi) is 10.7. The van der Waals surface area contributed by atoms with Gasteiger partial charge in [-0.3, -0.25) is 9.67 Å². The smallest absolute Gasteiger partial charge is 0.191 e. The molecular weight excluding hydrogens is 447 g/mol. The molecule has 25 heavy (non-hydrogen) atoms. The fourth-order valence-corrected chi connectivity index (χ4v) is 3.43. The van der Waals surface area contributed by atoms with Crippen LogP contribution in [0.1, 0.15) is 35.8 Å². The quantitative estimate of drug-likeness (QED) is 0.253. The highest BCUT2D eigenvalue weighted by molar-refractivity contribution is 14.0. The number of thiazole rings is 1. The molecule has 2 aromatic rings. The molecule has 0 saturated heterocycles. The SMILES string of the molecule is CCNC(=NCCCn1cccn1)NCCc1nc(CC)c(C)s1.I. The third-order valence-corrected chi connectivity index (χ3v) is 4.69. The summed E-state index contributed by atoms with van der Waals surface area (Å²) in [7, 11) is 0. The molecule has 0 bridgehead atoms. The fraction of sp³-hybridized carbons (Fsp3) is 0.588. The van der Waals surface area contributed by atoms with Crippen LogP contribution in [-0.2, 0) is 19.4 Å². The van der Waals surface area contributed by atoms with Crippen molar-refractivity contribution in [1.29, 1.82) is 0 Å². The summed E-state index contributed by atoms with van der Waals surface area (Å²) in [5.41, 5.74) is 1.23. The molecular formula is C17H29IN6S. The number of nitrogens with zero attached hydrogens (tertiary/aromatic N) is 4. The average molecular weight is 476 g/mol. The molecule has 8 heteroatoms. The lowest BCUT2D eigenvalue weighted by Gasteiger charge is -2.10. The van der Waals surface area contributed by atoms with E-state index in [-0.39, 0.29) is 24.0 Å². The molecule has 0 aliphatic rings. The molecule has 0 aliphatic heterocycles. The van der Waals surface area contributed by atoms with E-state index < -0.39 is 0 Å². The van der Waals surface area contributed by atoms with Gasteiger partial charge in [0.05, 0.1) is 10.7 Å². The van der Waals surface area contributed by atoms with Gasteiger partial charge in [0, 0.05) is 49.9 Å². The van der Waals surface area contributed by atoms with Crippen molar-refractivity contribution in [3.05, 3.63) is 34.0 Å². The normalized spacial score (nSPS) is 11.2. The lowest BCUT2D eigenvalue weighted by molar-refractivity contribution is 0.584. The van der Waals surface area contributed by atoms with Crippen molar-refractivity contribution >= 4 is 41.3 Å². The fourth-order valence-electron chi connectivity index (χ4n) is 2.41. The Labute approximate surface area is 171 Å². The van der Waals surface area contributed by atoms with Crippen LogP contribution in [0.25, 0.3) is 0 Å². The number of aliphatic imine (C=N–C) groups is 1. The Bertz CT molecular complexity index is 623. The van der Waals surface area contributed by atoms with E-state index in [2.05, 4.69) is 46.5 Å². The minimum Gasteiger partial charge on any atom is -0.357 e. The predicted octanol–water partition coefficient (Wildman–Crippen LogP) is 3.02. The molecule has 0 aliphatic carbocycles. The summed E-state index contributed by atoms with van der Waals surface area (Å²) in [6, 6.07) is 1.94. The second-order valence-electron chi connectivity index (χ2n) is 5.52. The van der Waals surface area contributed by atoms with Crippen LogP contribution in [0, 0.1) is 6.92 Å². The Morgan fingerprint density at radius 3 is 2.80 bits per heavy atom. The molecule has 2 N–H and O–H groups in total. The van der Waals surface area contributed by atoms with Crippen LogP contribution in [0.3, 0.4) is 0 Å². The largest absolute Gasteiger partial charge is 0.357 e. The van der Waals surface area contributed by atoms with Gasteiger partial charge in [-0.25, -0.2) is 4.98 Å². The van der Waals surface area contributed by atoms with E-state index in [0.717, 1.165) is 51.4 Å². The second-order valence-corrected chi connectivity index (χ2v) is 6.81. The highest BCUT2D eigenvalue weighted by Gasteiger charge is 2.06. The first-order chi connectivity index (χ1) is 11.7. The minimum absolute atomic E-state index is 0. The summed E-state index contributed by atoms with van der Waals surface area (Å²) in [5, 5.41) is 12.1. The first kappa shape index (κ1) is 21.9. The van der Waals surface area contributed by atoms with Crippen molar-refractivity contribution in [3.63, 3.8) is 0 Å². The van der Waals surface area contributed by atoms with E-state index in [0.29, 0.717) is 0 Å². The molecule has 0 unspecified atom stereocenters. The highest BCUT2D eigenvalue weighted by Crippen LogP contribution is 2.17. The van der Waals surface area contributed by atoms with Gasteiger partial charge in [-0.05, 0) is 32.8 Å². The van der Waals surface area contributed by atoms with Crippen molar-refractivity contribution in [3.8, 4) is 0 Å². The van der Waals surface area contributed by atoms with Crippen LogP contribution in [0.5, 0.6) is 0 Å². The van der Waals surface area contributed by atoms with Crippen LogP contribution >= 0.6 is 35.3 Å². The maximum atomic E-state index is 4.68. The summed E-state index contributed by atoms with van der Waals surface area (Å²) < 4.78 is 1.94. The number of aromatic nitrogens is 3. The maximum absolute atomic E-state index is 4.68. The summed E-state index contributed by atoms with van der Waals surface area (Å²) in [4.78, 5) is 10.6. The summed E-state index contributed by atoms with van der Waals surface area (Å²) >= 11 is 1.80. The van der Waals surface area contributed by atoms with E-state index in [9.17, 15) is 0 Å². The first-order valence-corrected chi connectivity index (χ1v) is 9.49. The van der Waals surface area contributed by atoms with Gasteiger partial charge in [0.15, 0.2) is 5.96 Å². The van der Waals surface area contributed by atoms with Gasteiger partial charge in [0.1, 0.15) is 0 Å². The zero-order valence-electron chi connectivity index (χ0n) is 15.3. The Balaban J connectivity index is 0.00000312. The third kappa shape index (κ3) is 7.72. The molecule has 0 saturated carbocycles. The molecule has 0 atom stereocenters. The summed E-state index contributed by atoms with van der Waals surface area (Å²) in [6.07, 6.45) is 6.70. The van der Waals surface area contributed by atoms with Gasteiger partial charge < -0.3 is 10.6 Å². The third-order valence-electron chi connectivity index (χ3n) is 3.62. The first-order valence-electron chi connectivity index (χ1n) is 8.67. The van der Waals surface area contributed by atoms with E-state index in [1.165, 1.54) is 15.6 Å². The molecule has 0 spiro atoms. The van der Waals surface area contributed by atoms with E-state index >= 15 is 0 Å². The summed E-state index contributed by atoms with van der Waals surface area (Å²) in [5.74, 6) is 0.877. The van der Waals surface area contributed by atoms with Gasteiger partial charge in [0.2, 0.25) is 0 Å². The monoisotopic (exact) mass is 476 g/mol. The van der Waals surface area contributed by atoms with Crippen LogP contribution < -0.4 is 10.6 Å². The zero-order chi connectivity index (χ0) is 17.2. The lowest BCUT2D eigenvalue weighted by Crippen LogP contribution is -2.38. The molecule has 0 amide bonds. The molecule has 0 fully saturated rings. The van der Waals surface area contributed by atoms with Crippen molar-refractivity contribution in [2.24, 2.45) is 4.99 Å². The number of nitrogens with one attached hydrogen (secondary N) is 2. The maximum Gasteiger partial charge on any atom is 0.191 e. The van der Waals surface area contributed by atoms with Gasteiger partial charge in [-0.1, -0.05) is 6.92 Å². The van der Waals surface area contributed by atoms with Crippen molar-refractivity contribution in [2.75, 3.05) is 19.6 Å². The van der Waals surface area contributed by atoms with E-state index in [1.807, 2.05) is 16.9 Å². The van der Waals surface area contributed by atoms with Crippen LogP contribution in [0.4, 0.5) is 0 Å². The molecule has 0 radical (unpaired) electrons. The van der Waals surface area contributed by atoms with Crippen molar-refractivity contribution in [2.45, 2.75) is 46.6 Å². The Hall–Kier alpha value is -1.16. The van der Waals surface area contributed by atoms with Crippen LogP contribution in [0.2, 0.25) is 0 Å². The lowest BCUT2D eigenvalue weighted by atomic mass is 10.3. The number of halogens is 1. The number of rotatable bonds is 9. The molecule has 2 aromatic heterocycles. The minimum atomic E-state index is 0. The predicted molar refractivity (Wildman–Crippen MR) is 116 cm³/mol. The summed E-state index contributed by atoms with van der Waals surface area (Å²) in [6.45, 7) is 9.78. The second kappa shape index (κ2) is 12.2.